The first kappa shape index (κ1) is 11.5. The minimum atomic E-state index is -0.323. The third-order valence-electron chi connectivity index (χ3n) is 3.24. The minimum absolute atomic E-state index is 0.0373. The second-order valence-electron chi connectivity index (χ2n) is 4.48. The van der Waals surface area contributed by atoms with Crippen molar-refractivity contribution in [2.75, 3.05) is 0 Å². The van der Waals surface area contributed by atoms with E-state index in [-0.39, 0.29) is 16.8 Å². The number of fused-ring (bicyclic) bond motifs is 1. The zero-order valence-corrected chi connectivity index (χ0v) is 10.4. The van der Waals surface area contributed by atoms with Crippen LogP contribution in [0.3, 0.4) is 0 Å². The number of benzene rings is 1. The number of aliphatic imine (C=N–C) groups is 1. The summed E-state index contributed by atoms with van der Waals surface area (Å²) < 4.78 is -0.323. The topological polar surface area (TPSA) is 65.6 Å². The maximum absolute atomic E-state index is 11.6. The molecular weight excluding hydrogens is 240 g/mol. The van der Waals surface area contributed by atoms with Crippen LogP contribution in [0.5, 0.6) is 0 Å². The predicted molar refractivity (Wildman–Crippen MR) is 69.7 cm³/mol. The summed E-state index contributed by atoms with van der Waals surface area (Å²) in [6.07, 6.45) is 3.76. The zero-order chi connectivity index (χ0) is 13.5. The van der Waals surface area contributed by atoms with Crippen LogP contribution in [-0.4, -0.2) is 22.0 Å². The lowest BCUT2D eigenvalue weighted by molar-refractivity contribution is -0.737. The molecule has 0 fully saturated rings. The number of nitriles is 1. The summed E-state index contributed by atoms with van der Waals surface area (Å²) in [5, 5.41) is 13.9. The molecule has 1 atom stereocenters. The number of carbonyl (C=O) groups excluding carboxylic acids is 1. The van der Waals surface area contributed by atoms with Gasteiger partial charge in [-0.3, -0.25) is 4.79 Å². The van der Waals surface area contributed by atoms with Crippen molar-refractivity contribution >= 4 is 17.5 Å². The summed E-state index contributed by atoms with van der Waals surface area (Å²) >= 11 is 0. The van der Waals surface area contributed by atoms with Crippen molar-refractivity contribution in [3.05, 3.63) is 47.7 Å². The molecule has 0 radical (unpaired) electrons. The molecule has 5 nitrogen and oxygen atoms in total. The quantitative estimate of drug-likeness (QED) is 0.565. The van der Waals surface area contributed by atoms with E-state index in [4.69, 9.17) is 0 Å². The number of amidine groups is 2. The Bertz CT molecular complexity index is 694. The lowest BCUT2D eigenvalue weighted by Gasteiger charge is -2.21. The highest BCUT2D eigenvalue weighted by atomic mass is 16.1. The molecule has 2 heterocycles. The van der Waals surface area contributed by atoms with Gasteiger partial charge in [0, 0.05) is 18.6 Å². The van der Waals surface area contributed by atoms with Crippen LogP contribution in [0.4, 0.5) is 0 Å². The second-order valence-corrected chi connectivity index (χ2v) is 4.48. The van der Waals surface area contributed by atoms with Gasteiger partial charge in [0.1, 0.15) is 6.42 Å². The fourth-order valence-electron chi connectivity index (χ4n) is 2.25. The minimum Gasteiger partial charge on any atom is -0.294 e. The molecule has 0 N–H and O–H groups in total. The van der Waals surface area contributed by atoms with Crippen LogP contribution in [0.2, 0.25) is 0 Å². The molecule has 0 saturated heterocycles. The van der Waals surface area contributed by atoms with Gasteiger partial charge in [-0.25, -0.2) is 0 Å². The molecule has 0 bridgehead atoms. The fraction of sp³-hybridized carbons (Fsp3) is 0.143. The van der Waals surface area contributed by atoms with Crippen molar-refractivity contribution in [1.29, 1.82) is 5.26 Å². The third kappa shape index (κ3) is 1.62. The average Bonchev–Trinajstić information content (AvgIpc) is 2.80. The van der Waals surface area contributed by atoms with Crippen LogP contribution in [0, 0.1) is 11.5 Å². The first-order chi connectivity index (χ1) is 9.15. The Kier molecular flexibility index (Phi) is 2.40. The van der Waals surface area contributed by atoms with E-state index in [1.807, 2.05) is 30.3 Å². The summed E-state index contributed by atoms with van der Waals surface area (Å²) in [6, 6.07) is 9.45. The monoisotopic (exact) mass is 251 g/mol. The van der Waals surface area contributed by atoms with Gasteiger partial charge in [0.25, 0.3) is 5.84 Å². The molecule has 1 unspecified atom stereocenters. The van der Waals surface area contributed by atoms with Crippen LogP contribution in [0.25, 0.3) is 0 Å². The Morgan fingerprint density at radius 1 is 1.32 bits per heavy atom. The first-order valence-electron chi connectivity index (χ1n) is 5.91. The van der Waals surface area contributed by atoms with Gasteiger partial charge in [0.15, 0.2) is 11.5 Å². The van der Waals surface area contributed by atoms with Gasteiger partial charge < -0.3 is 0 Å². The number of hydrogen-bond donors (Lipinski definition) is 0. The number of ketones is 1. The fourth-order valence-corrected chi connectivity index (χ4v) is 2.25. The SMILES string of the molecule is CC1=CC(=O)CC2=NC(c3ccccc3)=N[N+]12C#N. The van der Waals surface area contributed by atoms with Gasteiger partial charge in [-0.1, -0.05) is 30.3 Å². The molecule has 92 valence electrons. The highest BCUT2D eigenvalue weighted by molar-refractivity contribution is 6.14. The number of carbonyl (C=O) groups is 1. The number of hydrogen-bond acceptors (Lipinski definition) is 4. The highest BCUT2D eigenvalue weighted by Crippen LogP contribution is 2.30. The summed E-state index contributed by atoms with van der Waals surface area (Å²) in [5.74, 6) is 0.940. The van der Waals surface area contributed by atoms with E-state index in [1.165, 1.54) is 6.08 Å². The molecule has 0 spiro atoms. The van der Waals surface area contributed by atoms with Crippen LogP contribution >= 0.6 is 0 Å². The van der Waals surface area contributed by atoms with Crippen molar-refractivity contribution in [1.82, 2.24) is 0 Å². The molecule has 5 heteroatoms. The van der Waals surface area contributed by atoms with E-state index < -0.39 is 0 Å². The predicted octanol–water partition coefficient (Wildman–Crippen LogP) is 1.93. The van der Waals surface area contributed by atoms with Crippen LogP contribution < -0.4 is 0 Å². The normalized spacial score (nSPS) is 25.1. The van der Waals surface area contributed by atoms with Crippen molar-refractivity contribution in [2.24, 2.45) is 10.1 Å². The largest absolute Gasteiger partial charge is 0.350 e. The molecule has 0 amide bonds. The number of allylic oxidation sites excluding steroid dienone is 2. The molecule has 1 aromatic carbocycles. The molecule has 0 saturated carbocycles. The summed E-state index contributed by atoms with van der Waals surface area (Å²) in [4.78, 5) is 16.0. The summed E-state index contributed by atoms with van der Waals surface area (Å²) in [7, 11) is 0. The van der Waals surface area contributed by atoms with Crippen molar-refractivity contribution in [2.45, 2.75) is 13.3 Å². The van der Waals surface area contributed by atoms with Gasteiger partial charge in [0.2, 0.25) is 5.84 Å². The number of quaternary nitrogens is 1. The molecule has 3 rings (SSSR count). The maximum atomic E-state index is 11.6. The molecule has 19 heavy (non-hydrogen) atoms. The van der Waals surface area contributed by atoms with E-state index in [0.717, 1.165) is 5.56 Å². The van der Waals surface area contributed by atoms with E-state index in [2.05, 4.69) is 16.3 Å². The number of rotatable bonds is 1. The first-order valence-corrected chi connectivity index (χ1v) is 5.91. The second kappa shape index (κ2) is 3.97. The van der Waals surface area contributed by atoms with Crippen molar-refractivity contribution in [3.63, 3.8) is 0 Å². The smallest absolute Gasteiger partial charge is 0.294 e. The standard InChI is InChI=1S/C14H11N4O/c1-10-7-12(19)8-13-16-14(17-18(10,13)9-15)11-5-3-2-4-6-11/h2-7H,8H2,1H3/q+1. The van der Waals surface area contributed by atoms with Crippen molar-refractivity contribution < 1.29 is 9.39 Å². The van der Waals surface area contributed by atoms with Crippen LogP contribution in [0.15, 0.2) is 52.2 Å². The lowest BCUT2D eigenvalue weighted by Crippen LogP contribution is -2.43. The van der Waals surface area contributed by atoms with Crippen molar-refractivity contribution in [3.8, 4) is 6.19 Å². The number of nitrogens with zero attached hydrogens (tertiary/aromatic N) is 4. The van der Waals surface area contributed by atoms with Gasteiger partial charge >= 0.3 is 6.19 Å². The van der Waals surface area contributed by atoms with Crippen LogP contribution in [-0.2, 0) is 4.79 Å². The Morgan fingerprint density at radius 2 is 2.05 bits per heavy atom. The van der Waals surface area contributed by atoms with Crippen LogP contribution in [0.1, 0.15) is 18.9 Å². The Balaban J connectivity index is 2.16. The maximum Gasteiger partial charge on any atom is 0.350 e. The van der Waals surface area contributed by atoms with Gasteiger partial charge in [0.05, 0.1) is 0 Å². The molecule has 2 aliphatic heterocycles. The van der Waals surface area contributed by atoms with Gasteiger partial charge in [-0.15, -0.1) is 5.26 Å². The molecule has 1 aromatic rings. The zero-order valence-electron chi connectivity index (χ0n) is 10.4. The molecular formula is C14H11N4O+. The summed E-state index contributed by atoms with van der Waals surface area (Å²) in [6.45, 7) is 1.73. The lowest BCUT2D eigenvalue weighted by atomic mass is 10.1. The third-order valence-corrected chi connectivity index (χ3v) is 3.24. The molecule has 0 aliphatic carbocycles. The van der Waals surface area contributed by atoms with E-state index in [9.17, 15) is 10.1 Å². The van der Waals surface area contributed by atoms with E-state index in [1.54, 1.807) is 6.92 Å². The Labute approximate surface area is 110 Å². The average molecular weight is 251 g/mol. The molecule has 0 aromatic heterocycles. The Morgan fingerprint density at radius 3 is 2.74 bits per heavy atom. The van der Waals surface area contributed by atoms with Gasteiger partial charge in [-0.05, 0) is 9.69 Å². The Hall–Kier alpha value is -2.58. The summed E-state index contributed by atoms with van der Waals surface area (Å²) in [5.41, 5.74) is 1.43. The van der Waals surface area contributed by atoms with Gasteiger partial charge in [-0.2, -0.15) is 4.99 Å². The molecule has 2 aliphatic rings. The highest BCUT2D eigenvalue weighted by Gasteiger charge is 2.48. The van der Waals surface area contributed by atoms with E-state index >= 15 is 0 Å². The van der Waals surface area contributed by atoms with E-state index in [0.29, 0.717) is 17.4 Å².